The molecule has 0 atom stereocenters. The van der Waals surface area contributed by atoms with Gasteiger partial charge >= 0.3 is 6.03 Å². The van der Waals surface area contributed by atoms with Gasteiger partial charge in [0.05, 0.1) is 11.9 Å². The van der Waals surface area contributed by atoms with Crippen LogP contribution in [0, 0.1) is 13.8 Å². The molecule has 3 heteroatoms. The first-order valence-corrected chi connectivity index (χ1v) is 4.40. The zero-order valence-electron chi connectivity index (χ0n) is 8.11. The Balaban J connectivity index is 2.47. The molecule has 1 aromatic rings. The molecule has 0 spiro atoms. The summed E-state index contributed by atoms with van der Waals surface area (Å²) in [5.41, 5.74) is 3.93. The van der Waals surface area contributed by atoms with Gasteiger partial charge in [0.1, 0.15) is 0 Å². The number of carbonyl (C=O) groups is 1. The molecule has 0 bridgehead atoms. The Hall–Kier alpha value is -1.77. The second-order valence-corrected chi connectivity index (χ2v) is 3.41. The Morgan fingerprint density at radius 2 is 1.71 bits per heavy atom. The Morgan fingerprint density at radius 1 is 1.07 bits per heavy atom. The standard InChI is InChI=1S/C11H10N2O/c1-7-3-8(2)5-9(4-7)10-6-12-11(14)13-10/h3-6H,1-2H3. The third-order valence-electron chi connectivity index (χ3n) is 2.03. The topological polar surface area (TPSA) is 41.8 Å². The number of nitrogens with zero attached hydrogens (tertiary/aromatic N) is 2. The molecule has 0 fully saturated rings. The average molecular weight is 186 g/mol. The molecule has 1 aromatic carbocycles. The van der Waals surface area contributed by atoms with Gasteiger partial charge in [-0.15, -0.1) is 0 Å². The van der Waals surface area contributed by atoms with Crippen molar-refractivity contribution >= 4 is 18.0 Å². The van der Waals surface area contributed by atoms with Gasteiger partial charge in [0, 0.05) is 5.56 Å². The summed E-state index contributed by atoms with van der Waals surface area (Å²) in [5, 5.41) is 0. The number of urea groups is 1. The van der Waals surface area contributed by atoms with Gasteiger partial charge in [0.2, 0.25) is 0 Å². The maximum atomic E-state index is 10.8. The lowest BCUT2D eigenvalue weighted by Gasteiger charge is -2.01. The van der Waals surface area contributed by atoms with Crippen LogP contribution in [0.15, 0.2) is 28.2 Å². The number of aliphatic imine (C=N–C) groups is 2. The second-order valence-electron chi connectivity index (χ2n) is 3.41. The molecule has 0 aromatic heterocycles. The number of hydrogen-bond donors (Lipinski definition) is 0. The summed E-state index contributed by atoms with van der Waals surface area (Å²) in [4.78, 5) is 18.2. The molecule has 70 valence electrons. The molecule has 0 unspecified atom stereocenters. The third kappa shape index (κ3) is 1.62. The Morgan fingerprint density at radius 3 is 2.21 bits per heavy atom. The van der Waals surface area contributed by atoms with E-state index in [0.717, 1.165) is 16.7 Å². The van der Waals surface area contributed by atoms with Gasteiger partial charge in [-0.1, -0.05) is 17.2 Å². The highest BCUT2D eigenvalue weighted by molar-refractivity contribution is 6.43. The van der Waals surface area contributed by atoms with E-state index in [0.29, 0.717) is 5.71 Å². The molecule has 0 aliphatic carbocycles. The number of amides is 2. The lowest BCUT2D eigenvalue weighted by molar-refractivity contribution is 0.257. The molecule has 1 aliphatic rings. The summed E-state index contributed by atoms with van der Waals surface area (Å²) >= 11 is 0. The van der Waals surface area contributed by atoms with Gasteiger partial charge in [0.25, 0.3) is 0 Å². The summed E-state index contributed by atoms with van der Waals surface area (Å²) in [6.07, 6.45) is 1.51. The number of benzene rings is 1. The highest BCUT2D eigenvalue weighted by Gasteiger charge is 2.10. The molecule has 0 N–H and O–H groups in total. The molecule has 1 heterocycles. The average Bonchev–Trinajstić information content (AvgIpc) is 2.50. The number of aryl methyl sites for hydroxylation is 2. The van der Waals surface area contributed by atoms with Crippen molar-refractivity contribution in [1.82, 2.24) is 0 Å². The fourth-order valence-corrected chi connectivity index (χ4v) is 1.54. The van der Waals surface area contributed by atoms with E-state index in [2.05, 4.69) is 16.1 Å². The maximum absolute atomic E-state index is 10.8. The largest absolute Gasteiger partial charge is 0.367 e. The SMILES string of the molecule is Cc1cc(C)cc(C2=NC(=O)N=C2)c1. The van der Waals surface area contributed by atoms with Gasteiger partial charge in [0.15, 0.2) is 0 Å². The first-order valence-electron chi connectivity index (χ1n) is 4.40. The van der Waals surface area contributed by atoms with E-state index in [1.807, 2.05) is 26.0 Å². The second kappa shape index (κ2) is 3.18. The van der Waals surface area contributed by atoms with Gasteiger partial charge < -0.3 is 0 Å². The number of rotatable bonds is 1. The van der Waals surface area contributed by atoms with Crippen LogP contribution >= 0.6 is 0 Å². The van der Waals surface area contributed by atoms with Crippen molar-refractivity contribution in [1.29, 1.82) is 0 Å². The molecule has 1 aliphatic heterocycles. The van der Waals surface area contributed by atoms with Gasteiger partial charge in [-0.2, -0.15) is 9.98 Å². The molecule has 2 rings (SSSR count). The maximum Gasteiger partial charge on any atom is 0.367 e. The number of hydrogen-bond acceptors (Lipinski definition) is 1. The van der Waals surface area contributed by atoms with E-state index in [1.165, 1.54) is 6.21 Å². The molecule has 0 saturated carbocycles. The van der Waals surface area contributed by atoms with Crippen molar-refractivity contribution in [3.8, 4) is 0 Å². The van der Waals surface area contributed by atoms with E-state index >= 15 is 0 Å². The molecule has 0 saturated heterocycles. The van der Waals surface area contributed by atoms with Crippen molar-refractivity contribution < 1.29 is 4.79 Å². The third-order valence-corrected chi connectivity index (χ3v) is 2.03. The van der Waals surface area contributed by atoms with Crippen molar-refractivity contribution in [3.63, 3.8) is 0 Å². The summed E-state index contributed by atoms with van der Waals surface area (Å²) in [5.74, 6) is 0. The van der Waals surface area contributed by atoms with Crippen LogP contribution in [0.5, 0.6) is 0 Å². The lowest BCUT2D eigenvalue weighted by atomic mass is 10.0. The van der Waals surface area contributed by atoms with Crippen molar-refractivity contribution in [2.75, 3.05) is 0 Å². The highest BCUT2D eigenvalue weighted by Crippen LogP contribution is 2.11. The fraction of sp³-hybridized carbons (Fsp3) is 0.182. The highest BCUT2D eigenvalue weighted by atomic mass is 16.2. The normalized spacial score (nSPS) is 14.7. The first kappa shape index (κ1) is 8.81. The molecule has 0 radical (unpaired) electrons. The van der Waals surface area contributed by atoms with Gasteiger partial charge in [-0.25, -0.2) is 4.79 Å². The zero-order chi connectivity index (χ0) is 10.1. The number of carbonyl (C=O) groups excluding carboxylic acids is 1. The predicted octanol–water partition coefficient (Wildman–Crippen LogP) is 2.30. The zero-order valence-corrected chi connectivity index (χ0v) is 8.11. The Bertz CT molecular complexity index is 438. The van der Waals surface area contributed by atoms with E-state index in [1.54, 1.807) is 0 Å². The van der Waals surface area contributed by atoms with Crippen molar-refractivity contribution in [2.24, 2.45) is 9.98 Å². The minimum absolute atomic E-state index is 0.417. The van der Waals surface area contributed by atoms with Crippen LogP contribution in [-0.2, 0) is 0 Å². The molecular weight excluding hydrogens is 176 g/mol. The minimum Gasteiger partial charge on any atom is -0.244 e. The van der Waals surface area contributed by atoms with Crippen molar-refractivity contribution in [3.05, 3.63) is 34.9 Å². The van der Waals surface area contributed by atoms with Crippen LogP contribution in [0.4, 0.5) is 4.79 Å². The lowest BCUT2D eigenvalue weighted by Crippen LogP contribution is -2.00. The monoisotopic (exact) mass is 186 g/mol. The fourth-order valence-electron chi connectivity index (χ4n) is 1.54. The van der Waals surface area contributed by atoms with E-state index in [9.17, 15) is 4.79 Å². The summed E-state index contributed by atoms with van der Waals surface area (Å²) in [6.45, 7) is 4.04. The van der Waals surface area contributed by atoms with Crippen LogP contribution in [0.1, 0.15) is 16.7 Å². The molecule has 2 amide bonds. The van der Waals surface area contributed by atoms with Crippen LogP contribution < -0.4 is 0 Å². The van der Waals surface area contributed by atoms with Crippen LogP contribution in [-0.4, -0.2) is 18.0 Å². The van der Waals surface area contributed by atoms with Crippen LogP contribution in [0.3, 0.4) is 0 Å². The van der Waals surface area contributed by atoms with Crippen molar-refractivity contribution in [2.45, 2.75) is 13.8 Å². The predicted molar refractivity (Wildman–Crippen MR) is 56.3 cm³/mol. The van der Waals surface area contributed by atoms with E-state index < -0.39 is 6.03 Å². The molecular formula is C11H10N2O. The Labute approximate surface area is 82.2 Å². The summed E-state index contributed by atoms with van der Waals surface area (Å²) in [6, 6.07) is 5.66. The minimum atomic E-state index is -0.417. The molecule has 3 nitrogen and oxygen atoms in total. The smallest absolute Gasteiger partial charge is 0.244 e. The van der Waals surface area contributed by atoms with E-state index in [4.69, 9.17) is 0 Å². The van der Waals surface area contributed by atoms with Crippen LogP contribution in [0.2, 0.25) is 0 Å². The summed E-state index contributed by atoms with van der Waals surface area (Å²) in [7, 11) is 0. The van der Waals surface area contributed by atoms with Crippen LogP contribution in [0.25, 0.3) is 0 Å². The van der Waals surface area contributed by atoms with Gasteiger partial charge in [-0.3, -0.25) is 0 Å². The van der Waals surface area contributed by atoms with Gasteiger partial charge in [-0.05, 0) is 26.0 Å². The first-order chi connectivity index (χ1) is 6.65. The summed E-state index contributed by atoms with van der Waals surface area (Å²) < 4.78 is 0. The molecule has 14 heavy (non-hydrogen) atoms. The quantitative estimate of drug-likeness (QED) is 0.663. The van der Waals surface area contributed by atoms with E-state index in [-0.39, 0.29) is 0 Å². The Kier molecular flexibility index (Phi) is 2.00.